The first-order valence-corrected chi connectivity index (χ1v) is 16.2. The summed E-state index contributed by atoms with van der Waals surface area (Å²) >= 11 is 0. The van der Waals surface area contributed by atoms with Crippen LogP contribution in [0.3, 0.4) is 0 Å². The van der Waals surface area contributed by atoms with Crippen LogP contribution in [-0.4, -0.2) is 19.3 Å². The summed E-state index contributed by atoms with van der Waals surface area (Å²) < 4.78 is 11.9. The van der Waals surface area contributed by atoms with Gasteiger partial charge in [0.05, 0.1) is 19.3 Å². The van der Waals surface area contributed by atoms with E-state index >= 15 is 0 Å². The molecule has 0 aliphatic rings. The van der Waals surface area contributed by atoms with Gasteiger partial charge < -0.3 is 9.47 Å². The summed E-state index contributed by atoms with van der Waals surface area (Å²) in [7, 11) is 0. The largest absolute Gasteiger partial charge is 0.379 e. The van der Waals surface area contributed by atoms with Gasteiger partial charge in [0, 0.05) is 6.61 Å². The van der Waals surface area contributed by atoms with E-state index in [-0.39, 0.29) is 6.10 Å². The van der Waals surface area contributed by atoms with E-state index in [0.29, 0.717) is 6.61 Å². The zero-order chi connectivity index (χ0) is 27.9. The van der Waals surface area contributed by atoms with E-state index in [1.165, 1.54) is 101 Å². The number of benzene rings is 2. The van der Waals surface area contributed by atoms with Crippen LogP contribution in [0.15, 0.2) is 60.7 Å². The Morgan fingerprint density at radius 2 is 0.947 bits per heavy atom. The molecule has 2 aromatic rings. The molecule has 0 bridgehead atoms. The van der Waals surface area contributed by atoms with Crippen molar-refractivity contribution in [3.05, 3.63) is 71.8 Å². The Hall–Kier alpha value is -1.64. The minimum Gasteiger partial charge on any atom is -0.379 e. The van der Waals surface area contributed by atoms with Crippen LogP contribution in [0.2, 0.25) is 0 Å². The highest BCUT2D eigenvalue weighted by atomic mass is 16.5. The van der Waals surface area contributed by atoms with Crippen LogP contribution in [0.25, 0.3) is 0 Å². The van der Waals surface area contributed by atoms with Crippen molar-refractivity contribution in [2.24, 2.45) is 0 Å². The first kappa shape index (κ1) is 36.4. The number of ether oxygens (including phenoxy) is 2. The van der Waals surface area contributed by atoms with Crippen molar-refractivity contribution in [2.75, 3.05) is 13.2 Å². The number of hydrogen-bond donors (Lipinski definition) is 0. The smallest absolute Gasteiger partial charge is 0.0810 e. The number of unbranched alkanes of at least 4 members (excludes halogenated alkanes) is 12. The third-order valence-electron chi connectivity index (χ3n) is 6.68. The molecule has 2 aromatic carbocycles. The lowest BCUT2D eigenvalue weighted by Gasteiger charge is -2.16. The van der Waals surface area contributed by atoms with E-state index in [1.807, 2.05) is 33.8 Å². The monoisotopic (exact) mass is 526 g/mol. The third-order valence-corrected chi connectivity index (χ3v) is 6.68. The Labute approximate surface area is 237 Å². The van der Waals surface area contributed by atoms with E-state index in [2.05, 4.69) is 61.5 Å². The van der Waals surface area contributed by atoms with Crippen molar-refractivity contribution in [3.63, 3.8) is 0 Å². The van der Waals surface area contributed by atoms with Gasteiger partial charge in [-0.05, 0) is 36.8 Å². The molecular weight excluding hydrogens is 464 g/mol. The number of rotatable bonds is 22. The molecule has 1 atom stereocenters. The van der Waals surface area contributed by atoms with Crippen LogP contribution in [-0.2, 0) is 22.5 Å². The Balaban J connectivity index is 0.00000326. The van der Waals surface area contributed by atoms with Gasteiger partial charge in [0.15, 0.2) is 0 Å². The standard InChI is InChI=1S/C32H50O2.2C2H6/c1-2-32(34-28-31-25-19-15-20-26-31)29-33-27-21-13-11-9-7-5-3-4-6-8-10-12-16-22-30-23-17-14-18-24-30;2*1-2/h14-15,17-20,23-26,32H,2-13,16,21-22,27-29H2,1H3;2*1-2H3. The Bertz CT molecular complexity index is 670. The predicted molar refractivity (Wildman–Crippen MR) is 169 cm³/mol. The summed E-state index contributed by atoms with van der Waals surface area (Å²) in [5.41, 5.74) is 2.72. The van der Waals surface area contributed by atoms with Gasteiger partial charge in [-0.1, -0.05) is 166 Å². The summed E-state index contributed by atoms with van der Waals surface area (Å²) in [5.74, 6) is 0. The Kier molecular flexibility index (Phi) is 28.6. The van der Waals surface area contributed by atoms with E-state index < -0.39 is 0 Å². The predicted octanol–water partition coefficient (Wildman–Crippen LogP) is 11.4. The van der Waals surface area contributed by atoms with Crippen molar-refractivity contribution in [3.8, 4) is 0 Å². The van der Waals surface area contributed by atoms with E-state index in [9.17, 15) is 0 Å². The Morgan fingerprint density at radius 1 is 0.526 bits per heavy atom. The highest BCUT2D eigenvalue weighted by Crippen LogP contribution is 2.14. The second-order valence-electron chi connectivity index (χ2n) is 9.73. The average Bonchev–Trinajstić information content (AvgIpc) is 2.99. The molecule has 0 fully saturated rings. The highest BCUT2D eigenvalue weighted by molar-refractivity contribution is 5.14. The van der Waals surface area contributed by atoms with Crippen LogP contribution >= 0.6 is 0 Å². The SMILES string of the molecule is CC.CC.CCC(COCCCCCCCCCCCCCCCc1ccccc1)OCc1ccccc1. The molecule has 0 saturated carbocycles. The summed E-state index contributed by atoms with van der Waals surface area (Å²) in [6, 6.07) is 21.3. The average molecular weight is 527 g/mol. The number of hydrogen-bond acceptors (Lipinski definition) is 2. The maximum atomic E-state index is 5.99. The van der Waals surface area contributed by atoms with Gasteiger partial charge in [-0.15, -0.1) is 0 Å². The van der Waals surface area contributed by atoms with Gasteiger partial charge in [0.25, 0.3) is 0 Å². The molecule has 0 aromatic heterocycles. The fourth-order valence-corrected chi connectivity index (χ4v) is 4.41. The van der Waals surface area contributed by atoms with Crippen molar-refractivity contribution >= 4 is 0 Å². The maximum absolute atomic E-state index is 5.99. The molecule has 218 valence electrons. The lowest BCUT2D eigenvalue weighted by atomic mass is 10.0. The first-order valence-electron chi connectivity index (χ1n) is 16.2. The van der Waals surface area contributed by atoms with Gasteiger partial charge >= 0.3 is 0 Å². The molecule has 0 heterocycles. The van der Waals surface area contributed by atoms with E-state index in [0.717, 1.165) is 19.6 Å². The fraction of sp³-hybridized carbons (Fsp3) is 0.667. The van der Waals surface area contributed by atoms with E-state index in [1.54, 1.807) is 0 Å². The molecule has 0 aliphatic heterocycles. The van der Waals surface area contributed by atoms with Crippen LogP contribution in [0.4, 0.5) is 0 Å². The molecule has 0 saturated heterocycles. The van der Waals surface area contributed by atoms with Crippen molar-refractivity contribution in [1.82, 2.24) is 0 Å². The second-order valence-corrected chi connectivity index (χ2v) is 9.73. The first-order chi connectivity index (χ1) is 18.9. The second kappa shape index (κ2) is 29.9. The van der Waals surface area contributed by atoms with Crippen LogP contribution in [0.1, 0.15) is 136 Å². The number of aryl methyl sites for hydroxylation is 1. The molecule has 0 N–H and O–H groups in total. The zero-order valence-corrected chi connectivity index (χ0v) is 25.9. The van der Waals surface area contributed by atoms with Gasteiger partial charge in [-0.2, -0.15) is 0 Å². The quantitative estimate of drug-likeness (QED) is 0.142. The van der Waals surface area contributed by atoms with Crippen molar-refractivity contribution in [2.45, 2.75) is 144 Å². The minimum absolute atomic E-state index is 0.203. The van der Waals surface area contributed by atoms with Crippen LogP contribution < -0.4 is 0 Å². The van der Waals surface area contributed by atoms with Gasteiger partial charge in [-0.3, -0.25) is 0 Å². The zero-order valence-electron chi connectivity index (χ0n) is 25.9. The molecule has 0 radical (unpaired) electrons. The van der Waals surface area contributed by atoms with Crippen LogP contribution in [0, 0.1) is 0 Å². The Morgan fingerprint density at radius 3 is 1.42 bits per heavy atom. The normalized spacial score (nSPS) is 11.2. The summed E-state index contributed by atoms with van der Waals surface area (Å²) in [6.45, 7) is 12.4. The van der Waals surface area contributed by atoms with Gasteiger partial charge in [0.2, 0.25) is 0 Å². The van der Waals surface area contributed by atoms with Gasteiger partial charge in [-0.25, -0.2) is 0 Å². The maximum Gasteiger partial charge on any atom is 0.0810 e. The minimum atomic E-state index is 0.203. The molecule has 2 nitrogen and oxygen atoms in total. The fourth-order valence-electron chi connectivity index (χ4n) is 4.41. The molecule has 0 amide bonds. The lowest BCUT2D eigenvalue weighted by Crippen LogP contribution is -2.19. The molecule has 1 unspecified atom stereocenters. The molecule has 38 heavy (non-hydrogen) atoms. The highest BCUT2D eigenvalue weighted by Gasteiger charge is 2.07. The lowest BCUT2D eigenvalue weighted by molar-refractivity contribution is -0.0269. The van der Waals surface area contributed by atoms with Crippen molar-refractivity contribution in [1.29, 1.82) is 0 Å². The molecule has 0 aliphatic carbocycles. The summed E-state index contributed by atoms with van der Waals surface area (Å²) in [4.78, 5) is 0. The molecule has 0 spiro atoms. The molecule has 2 rings (SSSR count). The van der Waals surface area contributed by atoms with E-state index in [4.69, 9.17) is 9.47 Å². The topological polar surface area (TPSA) is 18.5 Å². The molecule has 2 heteroatoms. The van der Waals surface area contributed by atoms with Gasteiger partial charge in [0.1, 0.15) is 0 Å². The third kappa shape index (κ3) is 22.4. The summed E-state index contributed by atoms with van der Waals surface area (Å²) in [6.07, 6.45) is 20.3. The summed E-state index contributed by atoms with van der Waals surface area (Å²) in [5, 5.41) is 0. The van der Waals surface area contributed by atoms with Crippen molar-refractivity contribution < 1.29 is 9.47 Å². The molecular formula is C36H62O2. The van der Waals surface area contributed by atoms with Crippen LogP contribution in [0.5, 0.6) is 0 Å².